The summed E-state index contributed by atoms with van der Waals surface area (Å²) in [6.07, 6.45) is 3.60. The molecule has 30 heavy (non-hydrogen) atoms. The number of sulfonamides is 1. The van der Waals surface area contributed by atoms with Crippen LogP contribution in [0.1, 0.15) is 46.4 Å². The summed E-state index contributed by atoms with van der Waals surface area (Å²) in [6.45, 7) is 0.892. The van der Waals surface area contributed by atoms with Gasteiger partial charge in [-0.3, -0.25) is 4.79 Å². The van der Waals surface area contributed by atoms with Crippen molar-refractivity contribution in [1.29, 1.82) is 0 Å². The number of anilines is 1. The molecule has 2 aromatic carbocycles. The summed E-state index contributed by atoms with van der Waals surface area (Å²) >= 11 is 6.19. The summed E-state index contributed by atoms with van der Waals surface area (Å²) in [7, 11) is -2.51. The van der Waals surface area contributed by atoms with Crippen molar-refractivity contribution in [3.8, 4) is 0 Å². The highest BCUT2D eigenvalue weighted by Crippen LogP contribution is 2.28. The third-order valence-electron chi connectivity index (χ3n) is 4.94. The summed E-state index contributed by atoms with van der Waals surface area (Å²) in [5.41, 5.74) is 0.984. The van der Waals surface area contributed by atoms with Gasteiger partial charge in [0.2, 0.25) is 10.0 Å². The van der Waals surface area contributed by atoms with Gasteiger partial charge in [-0.1, -0.05) is 24.4 Å². The second kappa shape index (κ2) is 9.59. The van der Waals surface area contributed by atoms with Crippen molar-refractivity contribution in [2.45, 2.75) is 30.6 Å². The van der Waals surface area contributed by atoms with Gasteiger partial charge in [0.1, 0.15) is 4.90 Å². The Labute approximate surface area is 181 Å². The molecule has 1 N–H and O–H groups in total. The van der Waals surface area contributed by atoms with Crippen molar-refractivity contribution in [2.24, 2.45) is 0 Å². The molecule has 1 saturated heterocycles. The molecule has 1 heterocycles. The fraction of sp³-hybridized carbons (Fsp3) is 0.333. The van der Waals surface area contributed by atoms with Crippen molar-refractivity contribution in [3.05, 3.63) is 58.6 Å². The number of carbonyl (C=O) groups excluding carboxylic acids is 2. The number of nitrogens with zero attached hydrogens (tertiary/aromatic N) is 1. The first-order valence-electron chi connectivity index (χ1n) is 9.62. The van der Waals surface area contributed by atoms with Gasteiger partial charge in [-0.25, -0.2) is 13.2 Å². The van der Waals surface area contributed by atoms with Crippen LogP contribution in [0, 0.1) is 0 Å². The Morgan fingerprint density at radius 1 is 0.967 bits per heavy atom. The Balaban J connectivity index is 1.81. The quantitative estimate of drug-likeness (QED) is 0.696. The number of rotatable bonds is 5. The zero-order valence-corrected chi connectivity index (χ0v) is 18.1. The number of methoxy groups -OCH3 is 1. The van der Waals surface area contributed by atoms with E-state index in [2.05, 4.69) is 10.1 Å². The number of ether oxygens (including phenoxy) is 1. The molecular formula is C21H23ClN2O5S. The van der Waals surface area contributed by atoms with Crippen LogP contribution < -0.4 is 5.32 Å². The molecule has 0 aromatic heterocycles. The van der Waals surface area contributed by atoms with Gasteiger partial charge in [0.25, 0.3) is 5.91 Å². The van der Waals surface area contributed by atoms with E-state index in [9.17, 15) is 18.0 Å². The van der Waals surface area contributed by atoms with E-state index >= 15 is 0 Å². The van der Waals surface area contributed by atoms with Crippen molar-refractivity contribution < 1.29 is 22.7 Å². The molecule has 1 amide bonds. The maximum Gasteiger partial charge on any atom is 0.337 e. The summed E-state index contributed by atoms with van der Waals surface area (Å²) in [5, 5.41) is 2.77. The minimum atomic E-state index is -3.79. The van der Waals surface area contributed by atoms with Crippen molar-refractivity contribution in [3.63, 3.8) is 0 Å². The first-order valence-corrected chi connectivity index (χ1v) is 11.4. The normalized spacial score (nSPS) is 15.3. The molecule has 0 atom stereocenters. The Morgan fingerprint density at radius 2 is 1.57 bits per heavy atom. The molecule has 7 nitrogen and oxygen atoms in total. The van der Waals surface area contributed by atoms with E-state index in [0.29, 0.717) is 24.3 Å². The predicted molar refractivity (Wildman–Crippen MR) is 114 cm³/mol. The number of carbonyl (C=O) groups is 2. The molecule has 160 valence electrons. The molecule has 0 spiro atoms. The number of amides is 1. The molecular weight excluding hydrogens is 428 g/mol. The van der Waals surface area contributed by atoms with Crippen LogP contribution in [-0.2, 0) is 14.8 Å². The highest BCUT2D eigenvalue weighted by molar-refractivity contribution is 7.89. The highest BCUT2D eigenvalue weighted by atomic mass is 35.5. The molecule has 0 bridgehead atoms. The van der Waals surface area contributed by atoms with Crippen LogP contribution in [0.25, 0.3) is 0 Å². The number of nitrogens with one attached hydrogen (secondary N) is 1. The number of hydrogen-bond donors (Lipinski definition) is 1. The lowest BCUT2D eigenvalue weighted by Crippen LogP contribution is -2.32. The summed E-state index contributed by atoms with van der Waals surface area (Å²) in [4.78, 5) is 24.1. The standard InChI is InChI=1S/C21H23ClN2O5S/c1-29-21(26)15-6-9-17(10-7-15)23-20(25)16-8-11-18(22)19(14-16)30(27,28)24-12-4-2-3-5-13-24/h6-11,14H,2-5,12-13H2,1H3,(H,23,25). The average Bonchev–Trinajstić information content (AvgIpc) is 3.04. The van der Waals surface area contributed by atoms with Crippen LogP contribution in [0.2, 0.25) is 5.02 Å². The van der Waals surface area contributed by atoms with Crippen LogP contribution in [0.3, 0.4) is 0 Å². The Morgan fingerprint density at radius 3 is 2.17 bits per heavy atom. The topological polar surface area (TPSA) is 92.8 Å². The first-order chi connectivity index (χ1) is 14.3. The Hall–Kier alpha value is -2.42. The van der Waals surface area contributed by atoms with Crippen LogP contribution in [0.5, 0.6) is 0 Å². The van der Waals surface area contributed by atoms with Gasteiger partial charge in [0, 0.05) is 24.3 Å². The van der Waals surface area contributed by atoms with Gasteiger partial charge in [0.05, 0.1) is 17.7 Å². The Kier molecular flexibility index (Phi) is 7.12. The maximum absolute atomic E-state index is 13.1. The van der Waals surface area contributed by atoms with E-state index in [1.54, 1.807) is 12.1 Å². The number of hydrogen-bond acceptors (Lipinski definition) is 5. The molecule has 9 heteroatoms. The SMILES string of the molecule is COC(=O)c1ccc(NC(=O)c2ccc(Cl)c(S(=O)(=O)N3CCCCCC3)c2)cc1. The summed E-state index contributed by atoms with van der Waals surface area (Å²) in [5.74, 6) is -0.959. The van der Waals surface area contributed by atoms with E-state index in [4.69, 9.17) is 11.6 Å². The van der Waals surface area contributed by atoms with E-state index in [-0.39, 0.29) is 15.5 Å². The maximum atomic E-state index is 13.1. The molecule has 0 unspecified atom stereocenters. The Bertz CT molecular complexity index is 1030. The van der Waals surface area contributed by atoms with Crippen molar-refractivity contribution in [1.82, 2.24) is 4.31 Å². The first kappa shape index (κ1) is 22.3. The molecule has 1 aliphatic rings. The van der Waals surface area contributed by atoms with Crippen molar-refractivity contribution in [2.75, 3.05) is 25.5 Å². The highest BCUT2D eigenvalue weighted by Gasteiger charge is 2.28. The molecule has 0 saturated carbocycles. The van der Waals surface area contributed by atoms with Crippen LogP contribution in [0.15, 0.2) is 47.4 Å². The average molecular weight is 451 g/mol. The van der Waals surface area contributed by atoms with Gasteiger partial charge >= 0.3 is 5.97 Å². The lowest BCUT2D eigenvalue weighted by molar-refractivity contribution is 0.0600. The zero-order chi connectivity index (χ0) is 21.7. The van der Waals surface area contributed by atoms with E-state index in [0.717, 1.165) is 25.7 Å². The second-order valence-corrected chi connectivity index (χ2v) is 9.30. The molecule has 1 fully saturated rings. The predicted octanol–water partition coefficient (Wildman–Crippen LogP) is 3.94. The largest absolute Gasteiger partial charge is 0.465 e. The molecule has 3 rings (SSSR count). The lowest BCUT2D eigenvalue weighted by Gasteiger charge is -2.21. The minimum absolute atomic E-state index is 0.0697. The monoisotopic (exact) mass is 450 g/mol. The summed E-state index contributed by atoms with van der Waals surface area (Å²) in [6, 6.07) is 10.4. The van der Waals surface area contributed by atoms with Gasteiger partial charge in [-0.05, 0) is 55.3 Å². The van der Waals surface area contributed by atoms with Crippen molar-refractivity contribution >= 4 is 39.2 Å². The van der Waals surface area contributed by atoms with Crippen LogP contribution in [0.4, 0.5) is 5.69 Å². The van der Waals surface area contributed by atoms with E-state index in [1.807, 2.05) is 0 Å². The molecule has 0 aliphatic carbocycles. The summed E-state index contributed by atoms with van der Waals surface area (Å²) < 4.78 is 32.3. The number of benzene rings is 2. The third kappa shape index (κ3) is 5.00. The third-order valence-corrected chi connectivity index (χ3v) is 7.32. The van der Waals surface area contributed by atoms with Gasteiger partial charge in [0.15, 0.2) is 0 Å². The minimum Gasteiger partial charge on any atom is -0.465 e. The fourth-order valence-corrected chi connectivity index (χ4v) is 5.29. The molecule has 1 aliphatic heterocycles. The van der Waals surface area contributed by atoms with E-state index in [1.165, 1.54) is 41.7 Å². The van der Waals surface area contributed by atoms with Gasteiger partial charge in [-0.2, -0.15) is 4.31 Å². The molecule has 0 radical (unpaired) electrons. The number of esters is 1. The van der Waals surface area contributed by atoms with Crippen LogP contribution >= 0.6 is 11.6 Å². The number of halogens is 1. The lowest BCUT2D eigenvalue weighted by atomic mass is 10.2. The molecule has 2 aromatic rings. The second-order valence-electron chi connectivity index (χ2n) is 6.99. The smallest absolute Gasteiger partial charge is 0.337 e. The fourth-order valence-electron chi connectivity index (χ4n) is 3.27. The van der Waals surface area contributed by atoms with Gasteiger partial charge < -0.3 is 10.1 Å². The van der Waals surface area contributed by atoms with E-state index < -0.39 is 21.9 Å². The van der Waals surface area contributed by atoms with Crippen LogP contribution in [-0.4, -0.2) is 44.8 Å². The zero-order valence-electron chi connectivity index (χ0n) is 16.6. The van der Waals surface area contributed by atoms with Gasteiger partial charge in [-0.15, -0.1) is 0 Å².